The molecule has 1 aromatic heterocycles. The summed E-state index contributed by atoms with van der Waals surface area (Å²) in [6, 6.07) is 3.09. The van der Waals surface area contributed by atoms with Crippen LogP contribution in [0.1, 0.15) is 4.88 Å². The molecule has 0 unspecified atom stereocenters. The number of hydrogen-bond donors (Lipinski definition) is 0. The van der Waals surface area contributed by atoms with Crippen molar-refractivity contribution in [1.82, 2.24) is 0 Å². The Morgan fingerprint density at radius 2 is 2.50 bits per heavy atom. The van der Waals surface area contributed by atoms with Gasteiger partial charge in [0.25, 0.3) is 0 Å². The molecule has 0 fully saturated rings. The van der Waals surface area contributed by atoms with Gasteiger partial charge in [-0.15, -0.1) is 0 Å². The van der Waals surface area contributed by atoms with Gasteiger partial charge in [0, 0.05) is 22.4 Å². The average molecular weight is 210 g/mol. The van der Waals surface area contributed by atoms with Crippen molar-refractivity contribution in [2.75, 3.05) is 6.54 Å². The molecule has 0 radical (unpaired) electrons. The predicted molar refractivity (Wildman–Crippen MR) is 54.0 cm³/mol. The minimum atomic E-state index is -0.435. The lowest BCUT2D eigenvalue weighted by Gasteiger charge is -1.81. The van der Waals surface area contributed by atoms with Gasteiger partial charge in [0.1, 0.15) is 0 Å². The molecule has 7 heteroatoms. The van der Waals surface area contributed by atoms with Crippen molar-refractivity contribution >= 4 is 22.4 Å². The van der Waals surface area contributed by atoms with Crippen molar-refractivity contribution in [3.05, 3.63) is 43.6 Å². The van der Waals surface area contributed by atoms with Crippen LogP contribution in [0.15, 0.2) is 23.3 Å². The van der Waals surface area contributed by atoms with Crippen LogP contribution in [0, 0.1) is 10.1 Å². The molecule has 1 rings (SSSR count). The van der Waals surface area contributed by atoms with Crippen molar-refractivity contribution in [3.8, 4) is 0 Å². The van der Waals surface area contributed by atoms with Gasteiger partial charge in [0.2, 0.25) is 0 Å². The summed E-state index contributed by atoms with van der Waals surface area (Å²) in [5, 5.41) is 13.7. The molecule has 72 valence electrons. The van der Waals surface area contributed by atoms with E-state index in [1.165, 1.54) is 6.07 Å². The van der Waals surface area contributed by atoms with Crippen LogP contribution in [0.3, 0.4) is 0 Å². The molecule has 1 aromatic rings. The third-order valence-corrected chi connectivity index (χ3v) is 2.33. The highest BCUT2D eigenvalue weighted by atomic mass is 32.1. The number of azide groups is 1. The molecular formula is C7H6N4O2S. The molecule has 0 atom stereocenters. The summed E-state index contributed by atoms with van der Waals surface area (Å²) < 4.78 is 0. The largest absolute Gasteiger partial charge is 0.324 e. The Kier molecular flexibility index (Phi) is 3.66. The van der Waals surface area contributed by atoms with Crippen molar-refractivity contribution in [3.63, 3.8) is 0 Å². The van der Waals surface area contributed by atoms with Crippen LogP contribution in [0.4, 0.5) is 5.00 Å². The van der Waals surface area contributed by atoms with Crippen LogP contribution < -0.4 is 0 Å². The summed E-state index contributed by atoms with van der Waals surface area (Å²) in [4.78, 5) is 13.2. The van der Waals surface area contributed by atoms with E-state index in [9.17, 15) is 10.1 Å². The third kappa shape index (κ3) is 2.89. The van der Waals surface area contributed by atoms with Gasteiger partial charge in [-0.1, -0.05) is 22.5 Å². The molecule has 0 aliphatic rings. The van der Waals surface area contributed by atoms with Gasteiger partial charge in [-0.3, -0.25) is 10.1 Å². The lowest BCUT2D eigenvalue weighted by atomic mass is 10.4. The summed E-state index contributed by atoms with van der Waals surface area (Å²) in [5.41, 5.74) is 7.98. The fraction of sp³-hybridized carbons (Fsp3) is 0.143. The Balaban J connectivity index is 2.63. The monoisotopic (exact) mass is 210 g/mol. The molecular weight excluding hydrogens is 204 g/mol. The lowest BCUT2D eigenvalue weighted by Crippen LogP contribution is -1.80. The summed E-state index contributed by atoms with van der Waals surface area (Å²) >= 11 is 1.08. The number of nitrogens with zero attached hydrogens (tertiary/aromatic N) is 4. The Bertz CT molecular complexity index is 406. The van der Waals surface area contributed by atoms with Crippen LogP contribution in [0.2, 0.25) is 0 Å². The second-order valence-corrected chi connectivity index (χ2v) is 3.34. The summed E-state index contributed by atoms with van der Waals surface area (Å²) in [7, 11) is 0. The van der Waals surface area contributed by atoms with E-state index in [1.807, 2.05) is 0 Å². The van der Waals surface area contributed by atoms with Gasteiger partial charge in [-0.05, 0) is 17.7 Å². The summed E-state index contributed by atoms with van der Waals surface area (Å²) in [6.07, 6.45) is 3.33. The molecule has 14 heavy (non-hydrogen) atoms. The predicted octanol–water partition coefficient (Wildman–Crippen LogP) is 2.98. The van der Waals surface area contributed by atoms with E-state index in [0.29, 0.717) is 0 Å². The highest BCUT2D eigenvalue weighted by Crippen LogP contribution is 2.24. The van der Waals surface area contributed by atoms with E-state index in [-0.39, 0.29) is 11.5 Å². The minimum Gasteiger partial charge on any atom is -0.258 e. The maximum atomic E-state index is 10.3. The second-order valence-electron chi connectivity index (χ2n) is 2.25. The topological polar surface area (TPSA) is 91.9 Å². The van der Waals surface area contributed by atoms with Crippen molar-refractivity contribution in [2.24, 2.45) is 5.11 Å². The molecule has 0 N–H and O–H groups in total. The maximum Gasteiger partial charge on any atom is 0.324 e. The van der Waals surface area contributed by atoms with Gasteiger partial charge in [0.05, 0.1) is 4.92 Å². The fourth-order valence-corrected chi connectivity index (χ4v) is 1.53. The van der Waals surface area contributed by atoms with E-state index in [0.717, 1.165) is 16.2 Å². The minimum absolute atomic E-state index is 0.105. The Hall–Kier alpha value is -1.85. The van der Waals surface area contributed by atoms with Crippen LogP contribution in [0.5, 0.6) is 0 Å². The SMILES string of the molecule is [N-]=[N+]=NCC=Cc1ccc([N+](=O)[O-])s1. The number of hydrogen-bond acceptors (Lipinski definition) is 4. The number of nitro groups is 1. The van der Waals surface area contributed by atoms with E-state index < -0.39 is 4.92 Å². The van der Waals surface area contributed by atoms with E-state index >= 15 is 0 Å². The first-order chi connectivity index (χ1) is 6.74. The molecule has 1 heterocycles. The van der Waals surface area contributed by atoms with Crippen molar-refractivity contribution < 1.29 is 4.92 Å². The molecule has 0 aliphatic heterocycles. The molecule has 0 spiro atoms. The summed E-state index contributed by atoms with van der Waals surface area (Å²) in [5.74, 6) is 0. The molecule has 6 nitrogen and oxygen atoms in total. The first-order valence-electron chi connectivity index (χ1n) is 3.65. The molecule has 0 saturated heterocycles. The standard InChI is InChI=1S/C7H6N4O2S/c8-10-9-5-1-2-6-3-4-7(14-6)11(12)13/h1-4H,5H2. The average Bonchev–Trinajstić information content (AvgIpc) is 2.61. The molecule has 0 bridgehead atoms. The van der Waals surface area contributed by atoms with Gasteiger partial charge >= 0.3 is 5.00 Å². The summed E-state index contributed by atoms with van der Waals surface area (Å²) in [6.45, 7) is 0.252. The highest BCUT2D eigenvalue weighted by Gasteiger charge is 2.06. The zero-order valence-electron chi connectivity index (χ0n) is 7.03. The Labute approximate surface area is 83.3 Å². The zero-order valence-corrected chi connectivity index (χ0v) is 7.85. The van der Waals surface area contributed by atoms with Crippen molar-refractivity contribution in [1.29, 1.82) is 0 Å². The van der Waals surface area contributed by atoms with E-state index in [2.05, 4.69) is 10.0 Å². The normalized spacial score (nSPS) is 10.0. The second kappa shape index (κ2) is 5.00. The lowest BCUT2D eigenvalue weighted by molar-refractivity contribution is -0.380. The Morgan fingerprint density at radius 3 is 3.07 bits per heavy atom. The molecule has 0 amide bonds. The number of thiophene rings is 1. The van der Waals surface area contributed by atoms with Crippen LogP contribution in [-0.4, -0.2) is 11.5 Å². The Morgan fingerprint density at radius 1 is 1.71 bits per heavy atom. The third-order valence-electron chi connectivity index (χ3n) is 1.32. The van der Waals surface area contributed by atoms with Gasteiger partial charge in [0.15, 0.2) is 0 Å². The maximum absolute atomic E-state index is 10.3. The van der Waals surface area contributed by atoms with Crippen LogP contribution >= 0.6 is 11.3 Å². The zero-order chi connectivity index (χ0) is 10.4. The van der Waals surface area contributed by atoms with Crippen molar-refractivity contribution in [2.45, 2.75) is 0 Å². The van der Waals surface area contributed by atoms with Crippen LogP contribution in [-0.2, 0) is 0 Å². The van der Waals surface area contributed by atoms with Gasteiger partial charge in [-0.25, -0.2) is 0 Å². The number of rotatable bonds is 4. The molecule has 0 aliphatic carbocycles. The first-order valence-corrected chi connectivity index (χ1v) is 4.47. The highest BCUT2D eigenvalue weighted by molar-refractivity contribution is 7.16. The first kappa shape index (κ1) is 10.2. The van der Waals surface area contributed by atoms with E-state index in [4.69, 9.17) is 5.53 Å². The molecule has 0 aromatic carbocycles. The molecule has 0 saturated carbocycles. The smallest absolute Gasteiger partial charge is 0.258 e. The van der Waals surface area contributed by atoms with E-state index in [1.54, 1.807) is 18.2 Å². The van der Waals surface area contributed by atoms with Gasteiger partial charge in [-0.2, -0.15) is 0 Å². The van der Waals surface area contributed by atoms with Crippen LogP contribution in [0.25, 0.3) is 16.5 Å². The fourth-order valence-electron chi connectivity index (χ4n) is 0.782. The van der Waals surface area contributed by atoms with Gasteiger partial charge < -0.3 is 0 Å². The quantitative estimate of drug-likeness (QED) is 0.251.